The molecule has 1 fully saturated rings. The number of nitrogens with one attached hydrogen (secondary N) is 1. The zero-order valence-electron chi connectivity index (χ0n) is 17.8. The Labute approximate surface area is 182 Å². The molecule has 0 bridgehead atoms. The Kier molecular flexibility index (Phi) is 7.50. The van der Waals surface area contributed by atoms with E-state index in [4.69, 9.17) is 4.74 Å². The smallest absolute Gasteiger partial charge is 0.253 e. The van der Waals surface area contributed by atoms with E-state index in [-0.39, 0.29) is 24.0 Å². The highest BCUT2D eigenvalue weighted by Gasteiger charge is 2.24. The van der Waals surface area contributed by atoms with E-state index in [2.05, 4.69) is 10.2 Å². The fourth-order valence-electron chi connectivity index (χ4n) is 3.46. The molecule has 1 saturated heterocycles. The Bertz CT molecular complexity index is 1020. The highest BCUT2D eigenvalue weighted by atomic mass is 32.2. The fourth-order valence-corrected chi connectivity index (χ4v) is 4.39. The normalized spacial score (nSPS) is 14.5. The molecule has 2 aromatic carbocycles. The summed E-state index contributed by atoms with van der Waals surface area (Å²) in [5.74, 6) is -0.395. The van der Waals surface area contributed by atoms with Crippen LogP contribution in [0, 0.1) is 5.82 Å². The van der Waals surface area contributed by atoms with Crippen molar-refractivity contribution in [3.8, 4) is 5.75 Å². The molecule has 0 atom stereocenters. The van der Waals surface area contributed by atoms with Gasteiger partial charge in [-0.3, -0.25) is 4.79 Å². The molecule has 0 unspecified atom stereocenters. The molecule has 9 heteroatoms. The van der Waals surface area contributed by atoms with Crippen LogP contribution in [0.15, 0.2) is 47.4 Å². The van der Waals surface area contributed by atoms with Crippen molar-refractivity contribution >= 4 is 21.6 Å². The van der Waals surface area contributed by atoms with E-state index in [1.165, 1.54) is 32.3 Å². The van der Waals surface area contributed by atoms with E-state index in [1.807, 2.05) is 0 Å². The number of ether oxygens (including phenoxy) is 1. The van der Waals surface area contributed by atoms with Crippen LogP contribution in [0.25, 0.3) is 0 Å². The van der Waals surface area contributed by atoms with Crippen molar-refractivity contribution in [3.63, 3.8) is 0 Å². The lowest BCUT2D eigenvalue weighted by Gasteiger charge is -2.30. The lowest BCUT2D eigenvalue weighted by Crippen LogP contribution is -2.34. The van der Waals surface area contributed by atoms with Gasteiger partial charge < -0.3 is 15.0 Å². The average Bonchev–Trinajstić information content (AvgIpc) is 2.76. The van der Waals surface area contributed by atoms with Crippen LogP contribution in [0.4, 0.5) is 10.1 Å². The highest BCUT2D eigenvalue weighted by molar-refractivity contribution is 7.89. The van der Waals surface area contributed by atoms with Crippen LogP contribution in [0.1, 0.15) is 29.6 Å². The van der Waals surface area contributed by atoms with Gasteiger partial charge in [0.15, 0.2) is 0 Å². The summed E-state index contributed by atoms with van der Waals surface area (Å²) in [6, 6.07) is 10.5. The molecule has 1 heterocycles. The van der Waals surface area contributed by atoms with E-state index in [0.717, 1.165) is 42.3 Å². The van der Waals surface area contributed by atoms with Crippen LogP contribution in [0.3, 0.4) is 0 Å². The van der Waals surface area contributed by atoms with E-state index in [9.17, 15) is 17.6 Å². The SMILES string of the molecule is CN(C)S(=O)(=O)c1ccc(N2CCCCC2)c(C(=O)NCCOc2cccc(F)c2)c1. The zero-order valence-corrected chi connectivity index (χ0v) is 18.6. The van der Waals surface area contributed by atoms with Crippen molar-refractivity contribution in [1.82, 2.24) is 9.62 Å². The number of carbonyl (C=O) groups excluding carboxylic acids is 1. The first kappa shape index (κ1) is 23.0. The quantitative estimate of drug-likeness (QED) is 0.627. The molecule has 0 spiro atoms. The van der Waals surface area contributed by atoms with Crippen molar-refractivity contribution < 1.29 is 22.3 Å². The molecule has 168 valence electrons. The van der Waals surface area contributed by atoms with E-state index in [1.54, 1.807) is 24.3 Å². The van der Waals surface area contributed by atoms with Gasteiger partial charge >= 0.3 is 0 Å². The van der Waals surface area contributed by atoms with Crippen LogP contribution in [0.5, 0.6) is 5.75 Å². The number of halogens is 1. The number of anilines is 1. The topological polar surface area (TPSA) is 79.0 Å². The van der Waals surface area contributed by atoms with Crippen molar-refractivity contribution in [1.29, 1.82) is 0 Å². The minimum Gasteiger partial charge on any atom is -0.492 e. The molecule has 0 aliphatic carbocycles. The number of hydrogen-bond donors (Lipinski definition) is 1. The molecule has 1 aliphatic heterocycles. The second-order valence-corrected chi connectivity index (χ2v) is 9.73. The summed E-state index contributed by atoms with van der Waals surface area (Å²) in [6.07, 6.45) is 3.20. The van der Waals surface area contributed by atoms with Crippen LogP contribution in [-0.2, 0) is 10.0 Å². The van der Waals surface area contributed by atoms with Gasteiger partial charge in [0, 0.05) is 38.9 Å². The third-order valence-corrected chi connectivity index (χ3v) is 6.95. The maximum atomic E-state index is 13.2. The third-order valence-electron chi connectivity index (χ3n) is 5.14. The molecule has 0 radical (unpaired) electrons. The molecule has 1 N–H and O–H groups in total. The molecular weight excluding hydrogens is 421 g/mol. The van der Waals surface area contributed by atoms with Gasteiger partial charge in [0.2, 0.25) is 10.0 Å². The number of piperidine rings is 1. The number of carbonyl (C=O) groups is 1. The average molecular weight is 450 g/mol. The Morgan fingerprint density at radius 3 is 2.55 bits per heavy atom. The van der Waals surface area contributed by atoms with Crippen LogP contribution >= 0.6 is 0 Å². The van der Waals surface area contributed by atoms with Gasteiger partial charge in [-0.1, -0.05) is 6.07 Å². The molecule has 7 nitrogen and oxygen atoms in total. The van der Waals surface area contributed by atoms with Crippen molar-refractivity contribution in [2.45, 2.75) is 24.2 Å². The minimum absolute atomic E-state index is 0.0689. The van der Waals surface area contributed by atoms with E-state index < -0.39 is 15.8 Å². The first-order valence-corrected chi connectivity index (χ1v) is 11.7. The number of rotatable bonds is 8. The first-order chi connectivity index (χ1) is 14.8. The first-order valence-electron chi connectivity index (χ1n) is 10.3. The lowest BCUT2D eigenvalue weighted by molar-refractivity contribution is 0.0947. The van der Waals surface area contributed by atoms with Gasteiger partial charge in [0.1, 0.15) is 18.2 Å². The number of benzene rings is 2. The Hall–Kier alpha value is -2.65. The summed E-state index contributed by atoms with van der Waals surface area (Å²) in [5, 5.41) is 2.78. The molecular formula is C22H28FN3O4S. The summed E-state index contributed by atoms with van der Waals surface area (Å²) in [4.78, 5) is 15.1. The molecule has 0 saturated carbocycles. The monoisotopic (exact) mass is 449 g/mol. The van der Waals surface area contributed by atoms with Crippen LogP contribution < -0.4 is 15.0 Å². The summed E-state index contributed by atoms with van der Waals surface area (Å²) < 4.78 is 45.0. The standard InChI is InChI=1S/C22H28FN3O4S/c1-25(2)31(28,29)19-9-10-21(26-12-4-3-5-13-26)20(16-19)22(27)24-11-14-30-18-8-6-7-17(23)15-18/h6-10,15-16H,3-5,11-14H2,1-2H3,(H,24,27). The maximum Gasteiger partial charge on any atom is 0.253 e. The number of hydrogen-bond acceptors (Lipinski definition) is 5. The van der Waals surface area contributed by atoms with E-state index in [0.29, 0.717) is 11.3 Å². The maximum absolute atomic E-state index is 13.2. The predicted octanol–water partition coefficient (Wildman–Crippen LogP) is 2.88. The molecule has 0 aromatic heterocycles. The van der Waals surface area contributed by atoms with Crippen molar-refractivity contribution in [2.24, 2.45) is 0 Å². The number of nitrogens with zero attached hydrogens (tertiary/aromatic N) is 2. The van der Waals surface area contributed by atoms with Crippen LogP contribution in [0.2, 0.25) is 0 Å². The van der Waals surface area contributed by atoms with Gasteiger partial charge in [-0.05, 0) is 49.6 Å². The molecule has 1 amide bonds. The summed E-state index contributed by atoms with van der Waals surface area (Å²) in [7, 11) is -0.760. The fraction of sp³-hybridized carbons (Fsp3) is 0.409. The molecule has 2 aromatic rings. The van der Waals surface area contributed by atoms with Crippen molar-refractivity contribution in [2.75, 3.05) is 45.2 Å². The molecule has 1 aliphatic rings. The highest BCUT2D eigenvalue weighted by Crippen LogP contribution is 2.28. The van der Waals surface area contributed by atoms with Gasteiger partial charge in [0.05, 0.1) is 17.0 Å². The predicted molar refractivity (Wildman–Crippen MR) is 118 cm³/mol. The summed E-state index contributed by atoms with van der Waals surface area (Å²) >= 11 is 0. The van der Waals surface area contributed by atoms with Gasteiger partial charge in [-0.25, -0.2) is 17.1 Å². The van der Waals surface area contributed by atoms with Crippen molar-refractivity contribution in [3.05, 3.63) is 53.8 Å². The number of sulfonamides is 1. The largest absolute Gasteiger partial charge is 0.492 e. The Balaban J connectivity index is 1.76. The minimum atomic E-state index is -3.67. The summed E-state index contributed by atoms with van der Waals surface area (Å²) in [6.45, 7) is 1.99. The third kappa shape index (κ3) is 5.74. The van der Waals surface area contributed by atoms with Gasteiger partial charge in [0.25, 0.3) is 5.91 Å². The zero-order chi connectivity index (χ0) is 22.4. The van der Waals surface area contributed by atoms with Gasteiger partial charge in [-0.2, -0.15) is 0 Å². The Morgan fingerprint density at radius 1 is 1.13 bits per heavy atom. The lowest BCUT2D eigenvalue weighted by atomic mass is 10.1. The molecule has 3 rings (SSSR count). The number of amides is 1. The summed E-state index contributed by atoms with van der Waals surface area (Å²) in [5.41, 5.74) is 1.04. The second kappa shape index (κ2) is 10.1. The van der Waals surface area contributed by atoms with Gasteiger partial charge in [-0.15, -0.1) is 0 Å². The Morgan fingerprint density at radius 2 is 1.87 bits per heavy atom. The van der Waals surface area contributed by atoms with E-state index >= 15 is 0 Å². The molecule has 31 heavy (non-hydrogen) atoms. The van der Waals surface area contributed by atoms with Crippen LogP contribution in [-0.4, -0.2) is 59.0 Å². The second-order valence-electron chi connectivity index (χ2n) is 7.58.